The molecule has 0 bridgehead atoms. The van der Waals surface area contributed by atoms with Gasteiger partial charge in [0.25, 0.3) is 5.91 Å². The smallest absolute Gasteiger partial charge is 0.255 e. The lowest BCUT2D eigenvalue weighted by Gasteiger charge is -2.46. The molecule has 1 amide bonds. The van der Waals surface area contributed by atoms with Crippen molar-refractivity contribution in [3.63, 3.8) is 0 Å². The van der Waals surface area contributed by atoms with Crippen molar-refractivity contribution in [2.24, 2.45) is 23.5 Å². The molecule has 4 rings (SSSR count). The van der Waals surface area contributed by atoms with Gasteiger partial charge >= 0.3 is 0 Å². The van der Waals surface area contributed by atoms with Gasteiger partial charge in [0.2, 0.25) is 5.78 Å². The largest absolute Gasteiger partial charge is 0.508 e. The Balaban J connectivity index is 1.94. The van der Waals surface area contributed by atoms with Crippen LogP contribution in [0.4, 0.5) is 0 Å². The van der Waals surface area contributed by atoms with Crippen LogP contribution >= 0.6 is 0 Å². The molecule has 0 radical (unpaired) electrons. The van der Waals surface area contributed by atoms with Gasteiger partial charge in [-0.25, -0.2) is 0 Å². The number of phenolic OH excluding ortho intramolecular Hbond substituents is 1. The van der Waals surface area contributed by atoms with Crippen LogP contribution < -0.4 is 5.73 Å². The summed E-state index contributed by atoms with van der Waals surface area (Å²) in [6.45, 7) is 3.43. The van der Waals surface area contributed by atoms with E-state index in [0.717, 1.165) is 0 Å². The topological polar surface area (TPSA) is 175 Å². The molecule has 1 aromatic carbocycles. The molecule has 0 aliphatic heterocycles. The van der Waals surface area contributed by atoms with Gasteiger partial charge in [-0.2, -0.15) is 0 Å². The van der Waals surface area contributed by atoms with Crippen LogP contribution in [0.5, 0.6) is 5.75 Å². The Morgan fingerprint density at radius 3 is 2.38 bits per heavy atom. The number of ketones is 3. The van der Waals surface area contributed by atoms with Crippen LogP contribution in [0.1, 0.15) is 48.2 Å². The standard InChI is InChI=1S/C23H23NO8/c1-8(2)18(27)11-3-4-13(25)16-12(11)6-9-5-10-7-14(26)17(22(24)31)21(30)23(10,32)20(29)15(9)19(16)28/h3-4,8-10,25,28,30,32H,5-7H2,1-2H3,(H2,24,31)/t9-,10+,23?/m1/s1. The molecule has 0 aromatic heterocycles. The van der Waals surface area contributed by atoms with Crippen molar-refractivity contribution < 1.29 is 39.6 Å². The van der Waals surface area contributed by atoms with Crippen molar-refractivity contribution in [1.29, 1.82) is 0 Å². The zero-order chi connectivity index (χ0) is 23.7. The number of benzene rings is 1. The number of amides is 1. The highest BCUT2D eigenvalue weighted by Gasteiger charge is 2.60. The van der Waals surface area contributed by atoms with Gasteiger partial charge in [0, 0.05) is 29.4 Å². The summed E-state index contributed by atoms with van der Waals surface area (Å²) in [6, 6.07) is 2.71. The second kappa shape index (κ2) is 7.03. The molecule has 0 saturated heterocycles. The molecule has 0 spiro atoms. The monoisotopic (exact) mass is 441 g/mol. The lowest BCUT2D eigenvalue weighted by Crippen LogP contribution is -2.58. The minimum absolute atomic E-state index is 0.0217. The number of carbonyl (C=O) groups is 4. The van der Waals surface area contributed by atoms with E-state index in [2.05, 4.69) is 0 Å². The Morgan fingerprint density at radius 1 is 1.12 bits per heavy atom. The average molecular weight is 441 g/mol. The maximum atomic E-state index is 13.4. The van der Waals surface area contributed by atoms with E-state index >= 15 is 0 Å². The number of nitrogens with two attached hydrogens (primary N) is 1. The molecule has 3 atom stereocenters. The van der Waals surface area contributed by atoms with Gasteiger partial charge in [0.1, 0.15) is 22.8 Å². The number of primary amides is 1. The maximum Gasteiger partial charge on any atom is 0.255 e. The summed E-state index contributed by atoms with van der Waals surface area (Å²) >= 11 is 0. The number of aliphatic hydroxyl groups excluding tert-OH is 2. The highest BCUT2D eigenvalue weighted by Crippen LogP contribution is 2.52. The molecule has 1 fully saturated rings. The molecule has 3 aliphatic carbocycles. The number of Topliss-reactive ketones (excluding diaryl/α,β-unsaturated/α-hetero) is 3. The third kappa shape index (κ3) is 2.74. The van der Waals surface area contributed by atoms with Crippen molar-refractivity contribution in [3.8, 4) is 5.75 Å². The fourth-order valence-electron chi connectivity index (χ4n) is 5.16. The summed E-state index contributed by atoms with van der Waals surface area (Å²) in [4.78, 5) is 50.1. The first-order valence-electron chi connectivity index (χ1n) is 10.3. The first-order chi connectivity index (χ1) is 14.9. The second-order valence-electron chi connectivity index (χ2n) is 8.91. The average Bonchev–Trinajstić information content (AvgIpc) is 2.70. The molecule has 1 aromatic rings. The van der Waals surface area contributed by atoms with Crippen molar-refractivity contribution in [1.82, 2.24) is 0 Å². The van der Waals surface area contributed by atoms with Crippen LogP contribution in [-0.4, -0.2) is 49.3 Å². The highest BCUT2D eigenvalue weighted by molar-refractivity contribution is 6.22. The molecule has 32 heavy (non-hydrogen) atoms. The molecular weight excluding hydrogens is 418 g/mol. The van der Waals surface area contributed by atoms with E-state index in [9.17, 15) is 39.6 Å². The second-order valence-corrected chi connectivity index (χ2v) is 8.91. The van der Waals surface area contributed by atoms with Gasteiger partial charge in [-0.05, 0) is 36.5 Å². The van der Waals surface area contributed by atoms with Gasteiger partial charge < -0.3 is 26.2 Å². The molecular formula is C23H23NO8. The van der Waals surface area contributed by atoms with E-state index in [1.54, 1.807) is 13.8 Å². The number of carbonyl (C=O) groups excluding carboxylic acids is 4. The molecule has 1 saturated carbocycles. The number of hydrogen-bond acceptors (Lipinski definition) is 8. The summed E-state index contributed by atoms with van der Waals surface area (Å²) in [7, 11) is 0. The lowest BCUT2D eigenvalue weighted by molar-refractivity contribution is -0.147. The number of rotatable bonds is 3. The van der Waals surface area contributed by atoms with Crippen molar-refractivity contribution in [2.45, 2.75) is 38.7 Å². The third-order valence-corrected chi connectivity index (χ3v) is 6.74. The quantitative estimate of drug-likeness (QED) is 0.344. The van der Waals surface area contributed by atoms with Gasteiger partial charge in [-0.15, -0.1) is 0 Å². The van der Waals surface area contributed by atoms with E-state index in [1.807, 2.05) is 0 Å². The molecule has 9 nitrogen and oxygen atoms in total. The van der Waals surface area contributed by atoms with Crippen LogP contribution in [0.15, 0.2) is 29.0 Å². The predicted molar refractivity (Wildman–Crippen MR) is 111 cm³/mol. The Morgan fingerprint density at radius 2 is 1.78 bits per heavy atom. The summed E-state index contributed by atoms with van der Waals surface area (Å²) in [5, 5.41) is 43.1. The Bertz CT molecular complexity index is 1170. The first-order valence-corrected chi connectivity index (χ1v) is 10.3. The van der Waals surface area contributed by atoms with E-state index in [-0.39, 0.29) is 47.8 Å². The summed E-state index contributed by atoms with van der Waals surface area (Å²) in [6.07, 6.45) is -0.260. The van der Waals surface area contributed by atoms with Crippen molar-refractivity contribution >= 4 is 29.0 Å². The van der Waals surface area contributed by atoms with Gasteiger partial charge in [0.05, 0.1) is 5.56 Å². The molecule has 6 N–H and O–H groups in total. The predicted octanol–water partition coefficient (Wildman–Crippen LogP) is 1.26. The number of phenols is 1. The van der Waals surface area contributed by atoms with Crippen molar-refractivity contribution in [3.05, 3.63) is 45.7 Å². The van der Waals surface area contributed by atoms with Crippen LogP contribution in [-0.2, 0) is 20.8 Å². The zero-order valence-electron chi connectivity index (χ0n) is 17.5. The van der Waals surface area contributed by atoms with Gasteiger partial charge in [-0.3, -0.25) is 19.2 Å². The molecule has 0 heterocycles. The van der Waals surface area contributed by atoms with Gasteiger partial charge in [-0.1, -0.05) is 13.8 Å². The molecule has 168 valence electrons. The molecule has 1 unspecified atom stereocenters. The number of fused-ring (bicyclic) bond motifs is 3. The third-order valence-electron chi connectivity index (χ3n) is 6.74. The lowest BCUT2D eigenvalue weighted by atomic mass is 9.59. The molecule has 9 heteroatoms. The summed E-state index contributed by atoms with van der Waals surface area (Å²) in [5.74, 6) is -7.44. The summed E-state index contributed by atoms with van der Waals surface area (Å²) < 4.78 is 0. The van der Waals surface area contributed by atoms with E-state index < -0.39 is 52.0 Å². The highest BCUT2D eigenvalue weighted by atomic mass is 16.3. The fraction of sp³-hybridized carbons (Fsp3) is 0.391. The number of hydrogen-bond donors (Lipinski definition) is 5. The Hall–Kier alpha value is -3.46. The maximum absolute atomic E-state index is 13.4. The Labute approximate surface area is 182 Å². The zero-order valence-corrected chi connectivity index (χ0v) is 17.5. The minimum Gasteiger partial charge on any atom is -0.508 e. The molecule has 3 aliphatic rings. The van der Waals surface area contributed by atoms with Crippen LogP contribution in [0.2, 0.25) is 0 Å². The van der Waals surface area contributed by atoms with E-state index in [4.69, 9.17) is 5.73 Å². The van der Waals surface area contributed by atoms with E-state index in [0.29, 0.717) is 11.1 Å². The number of aliphatic hydroxyl groups is 3. The van der Waals surface area contributed by atoms with E-state index in [1.165, 1.54) is 12.1 Å². The fourth-order valence-corrected chi connectivity index (χ4v) is 5.16. The number of aromatic hydroxyl groups is 1. The van der Waals surface area contributed by atoms with Gasteiger partial charge in [0.15, 0.2) is 17.2 Å². The van der Waals surface area contributed by atoms with Crippen LogP contribution in [0.3, 0.4) is 0 Å². The van der Waals surface area contributed by atoms with Crippen molar-refractivity contribution in [2.75, 3.05) is 0 Å². The normalized spacial score (nSPS) is 27.2. The first kappa shape index (κ1) is 21.8. The minimum atomic E-state index is -2.60. The Kier molecular flexibility index (Phi) is 4.78. The van der Waals surface area contributed by atoms with Crippen LogP contribution in [0, 0.1) is 17.8 Å². The van der Waals surface area contributed by atoms with Crippen LogP contribution in [0.25, 0.3) is 5.76 Å². The summed E-state index contributed by atoms with van der Waals surface area (Å²) in [5.41, 5.74) is 2.11. The SMILES string of the molecule is CC(C)C(=O)c1ccc(O)c2c1C[C@H]1C[C@H]3CC(=O)C(C(N)=O)=C(O)C3(O)C(=O)C1=C2O.